The fraction of sp³-hybridized carbons (Fsp3) is 0.300. The molecule has 0 aliphatic rings. The Hall–Kier alpha value is -2.42. The van der Waals surface area contributed by atoms with Crippen molar-refractivity contribution >= 4 is 18.5 Å². The summed E-state index contributed by atoms with van der Waals surface area (Å²) in [6, 6.07) is 14.0. The van der Waals surface area contributed by atoms with Crippen molar-refractivity contribution < 1.29 is 4.42 Å². The van der Waals surface area contributed by atoms with Gasteiger partial charge in [0.1, 0.15) is 5.76 Å². The maximum absolute atomic E-state index is 5.19. The maximum atomic E-state index is 5.19. The third kappa shape index (κ3) is 6.92. The molecule has 0 spiro atoms. The van der Waals surface area contributed by atoms with Gasteiger partial charge < -0.3 is 4.42 Å². The SMILES string of the molecule is CCCCCCC(=Cc1ccccc1)/C=N\N=C\c1ccco1. The minimum atomic E-state index is 0.707. The number of unbranched alkanes of at least 4 members (excludes halogenated alkanes) is 3. The number of allylic oxidation sites excluding steroid dienone is 1. The van der Waals surface area contributed by atoms with E-state index in [0.29, 0.717) is 5.76 Å². The molecule has 3 nitrogen and oxygen atoms in total. The molecule has 1 aromatic carbocycles. The van der Waals surface area contributed by atoms with Crippen molar-refractivity contribution in [3.05, 3.63) is 65.6 Å². The first kappa shape index (κ1) is 16.9. The van der Waals surface area contributed by atoms with Gasteiger partial charge in [0.25, 0.3) is 0 Å². The lowest BCUT2D eigenvalue weighted by atomic mass is 10.0. The average molecular weight is 308 g/mol. The van der Waals surface area contributed by atoms with Crippen LogP contribution in [0.15, 0.2) is 68.9 Å². The highest BCUT2D eigenvalue weighted by Crippen LogP contribution is 2.13. The molecule has 0 aliphatic carbocycles. The van der Waals surface area contributed by atoms with Gasteiger partial charge in [0, 0.05) is 0 Å². The van der Waals surface area contributed by atoms with Crippen LogP contribution in [0.4, 0.5) is 0 Å². The summed E-state index contributed by atoms with van der Waals surface area (Å²) in [6.45, 7) is 2.23. The summed E-state index contributed by atoms with van der Waals surface area (Å²) in [4.78, 5) is 0. The van der Waals surface area contributed by atoms with Crippen LogP contribution >= 0.6 is 0 Å². The molecule has 1 heterocycles. The number of furan rings is 1. The van der Waals surface area contributed by atoms with Gasteiger partial charge in [-0.25, -0.2) is 0 Å². The van der Waals surface area contributed by atoms with Crippen LogP contribution in [0.1, 0.15) is 50.4 Å². The average Bonchev–Trinajstić information content (AvgIpc) is 3.09. The minimum absolute atomic E-state index is 0.707. The second-order valence-electron chi connectivity index (χ2n) is 5.45. The summed E-state index contributed by atoms with van der Waals surface area (Å²) < 4.78 is 5.19. The van der Waals surface area contributed by atoms with Crippen molar-refractivity contribution in [2.45, 2.75) is 39.0 Å². The van der Waals surface area contributed by atoms with Crippen LogP contribution in [0.2, 0.25) is 0 Å². The summed E-state index contributed by atoms with van der Waals surface area (Å²) in [5.41, 5.74) is 2.39. The Morgan fingerprint density at radius 2 is 1.87 bits per heavy atom. The smallest absolute Gasteiger partial charge is 0.146 e. The molecule has 0 radical (unpaired) electrons. The van der Waals surface area contributed by atoms with E-state index >= 15 is 0 Å². The zero-order valence-electron chi connectivity index (χ0n) is 13.7. The first-order valence-electron chi connectivity index (χ1n) is 8.24. The summed E-state index contributed by atoms with van der Waals surface area (Å²) >= 11 is 0. The van der Waals surface area contributed by atoms with Gasteiger partial charge in [0.05, 0.1) is 18.7 Å². The van der Waals surface area contributed by atoms with E-state index in [-0.39, 0.29) is 0 Å². The molecule has 0 unspecified atom stereocenters. The molecule has 1 aromatic heterocycles. The summed E-state index contributed by atoms with van der Waals surface area (Å²) in [6.07, 6.45) is 13.3. The predicted octanol–water partition coefficient (Wildman–Crippen LogP) is 5.74. The lowest BCUT2D eigenvalue weighted by Crippen LogP contribution is -1.87. The second-order valence-corrected chi connectivity index (χ2v) is 5.45. The molecule has 2 rings (SSSR count). The van der Waals surface area contributed by atoms with Gasteiger partial charge in [-0.2, -0.15) is 10.2 Å². The summed E-state index contributed by atoms with van der Waals surface area (Å²) in [5, 5.41) is 8.21. The molecule has 3 heteroatoms. The van der Waals surface area contributed by atoms with E-state index in [0.717, 1.165) is 6.42 Å². The van der Waals surface area contributed by atoms with E-state index in [4.69, 9.17) is 4.42 Å². The Morgan fingerprint density at radius 1 is 1.00 bits per heavy atom. The third-order valence-electron chi connectivity index (χ3n) is 3.49. The van der Waals surface area contributed by atoms with Gasteiger partial charge in [0.15, 0.2) is 0 Å². The van der Waals surface area contributed by atoms with Gasteiger partial charge in [-0.1, -0.05) is 62.6 Å². The van der Waals surface area contributed by atoms with Gasteiger partial charge in [0.2, 0.25) is 0 Å². The van der Waals surface area contributed by atoms with E-state index < -0.39 is 0 Å². The van der Waals surface area contributed by atoms with Crippen molar-refractivity contribution in [3.63, 3.8) is 0 Å². The molecule has 2 aromatic rings. The number of hydrogen-bond donors (Lipinski definition) is 0. The molecule has 120 valence electrons. The molecular formula is C20H24N2O. The molecule has 0 fully saturated rings. The fourth-order valence-corrected chi connectivity index (χ4v) is 2.26. The molecule has 0 saturated carbocycles. The fourth-order valence-electron chi connectivity index (χ4n) is 2.26. The highest BCUT2D eigenvalue weighted by atomic mass is 16.3. The van der Waals surface area contributed by atoms with E-state index in [1.54, 1.807) is 12.5 Å². The summed E-state index contributed by atoms with van der Waals surface area (Å²) in [7, 11) is 0. The monoisotopic (exact) mass is 308 g/mol. The van der Waals surface area contributed by atoms with Gasteiger partial charge in [-0.05, 0) is 36.1 Å². The zero-order chi connectivity index (χ0) is 16.2. The number of rotatable bonds is 9. The van der Waals surface area contributed by atoms with Gasteiger partial charge in [-0.3, -0.25) is 0 Å². The molecule has 0 saturated heterocycles. The molecular weight excluding hydrogens is 284 g/mol. The van der Waals surface area contributed by atoms with Crippen molar-refractivity contribution in [1.29, 1.82) is 0 Å². The van der Waals surface area contributed by atoms with E-state index in [1.807, 2.05) is 36.5 Å². The Bertz CT molecular complexity index is 625. The molecule has 0 atom stereocenters. The standard InChI is InChI=1S/C20H24N2O/c1-2-3-4-6-12-19(15-18-10-7-5-8-11-18)16-21-22-17-20-13-9-14-23-20/h5,7-11,13-17H,2-4,6,12H2,1H3/b19-15?,21-16-,22-17+. The minimum Gasteiger partial charge on any atom is -0.463 e. The lowest BCUT2D eigenvalue weighted by Gasteiger charge is -2.02. The normalized spacial score (nSPS) is 12.5. The van der Waals surface area contributed by atoms with Crippen molar-refractivity contribution in [1.82, 2.24) is 0 Å². The Labute approximate surface area is 138 Å². The van der Waals surface area contributed by atoms with Crippen molar-refractivity contribution in [2.24, 2.45) is 10.2 Å². The number of nitrogens with zero attached hydrogens (tertiary/aromatic N) is 2. The van der Waals surface area contributed by atoms with E-state index in [2.05, 4.69) is 35.3 Å². The van der Waals surface area contributed by atoms with Crippen LogP contribution in [0, 0.1) is 0 Å². The van der Waals surface area contributed by atoms with Crippen LogP contribution in [0.3, 0.4) is 0 Å². The maximum Gasteiger partial charge on any atom is 0.146 e. The Morgan fingerprint density at radius 3 is 2.61 bits per heavy atom. The zero-order valence-corrected chi connectivity index (χ0v) is 13.7. The largest absolute Gasteiger partial charge is 0.463 e. The molecule has 0 N–H and O–H groups in total. The Balaban J connectivity index is 1.99. The van der Waals surface area contributed by atoms with Crippen LogP contribution in [-0.2, 0) is 0 Å². The molecule has 0 amide bonds. The van der Waals surface area contributed by atoms with Crippen LogP contribution in [0.25, 0.3) is 6.08 Å². The summed E-state index contributed by atoms with van der Waals surface area (Å²) in [5.74, 6) is 0.707. The van der Waals surface area contributed by atoms with Crippen molar-refractivity contribution in [2.75, 3.05) is 0 Å². The quantitative estimate of drug-likeness (QED) is 0.331. The number of hydrogen-bond acceptors (Lipinski definition) is 3. The lowest BCUT2D eigenvalue weighted by molar-refractivity contribution is 0.560. The highest BCUT2D eigenvalue weighted by Gasteiger charge is 1.96. The predicted molar refractivity (Wildman–Crippen MR) is 98.0 cm³/mol. The van der Waals surface area contributed by atoms with E-state index in [9.17, 15) is 0 Å². The number of benzene rings is 1. The van der Waals surface area contributed by atoms with Crippen molar-refractivity contribution in [3.8, 4) is 0 Å². The van der Waals surface area contributed by atoms with Crippen LogP contribution < -0.4 is 0 Å². The first-order chi connectivity index (χ1) is 11.4. The molecule has 0 aliphatic heterocycles. The third-order valence-corrected chi connectivity index (χ3v) is 3.49. The topological polar surface area (TPSA) is 37.9 Å². The second kappa shape index (κ2) is 10.3. The van der Waals surface area contributed by atoms with Crippen LogP contribution in [-0.4, -0.2) is 12.4 Å². The highest BCUT2D eigenvalue weighted by molar-refractivity contribution is 5.86. The first-order valence-corrected chi connectivity index (χ1v) is 8.24. The van der Waals surface area contributed by atoms with E-state index in [1.165, 1.54) is 36.8 Å². The van der Waals surface area contributed by atoms with Gasteiger partial charge >= 0.3 is 0 Å². The Kier molecular flexibility index (Phi) is 7.61. The molecule has 0 bridgehead atoms. The molecule has 23 heavy (non-hydrogen) atoms. The van der Waals surface area contributed by atoms with Gasteiger partial charge in [-0.15, -0.1) is 0 Å². The van der Waals surface area contributed by atoms with Crippen LogP contribution in [0.5, 0.6) is 0 Å².